The minimum atomic E-state index is -0.303. The third kappa shape index (κ3) is 3.09. The molecule has 0 aliphatic carbocycles. The Morgan fingerprint density at radius 3 is 2.83 bits per heavy atom. The monoisotopic (exact) mass is 251 g/mol. The number of nitrogens with zero attached hydrogens (tertiary/aromatic N) is 1. The lowest BCUT2D eigenvalue weighted by Gasteiger charge is -2.28. The van der Waals surface area contributed by atoms with Crippen LogP contribution in [0.1, 0.15) is 12.0 Å². The molecule has 1 N–H and O–H groups in total. The number of methoxy groups -OCH3 is 1. The van der Waals surface area contributed by atoms with Gasteiger partial charge in [-0.1, -0.05) is 6.08 Å². The van der Waals surface area contributed by atoms with Gasteiger partial charge in [0.2, 0.25) is 0 Å². The average Bonchev–Trinajstić information content (AvgIpc) is 2.39. The minimum Gasteiger partial charge on any atom is -0.392 e. The Balaban J connectivity index is 2.11. The quantitative estimate of drug-likeness (QED) is 0.832. The number of ether oxygens (including phenoxy) is 1. The van der Waals surface area contributed by atoms with Gasteiger partial charge >= 0.3 is 0 Å². The standard InChI is InChI=1S/C14H18FNO2/c1-18-10-11-2-4-16(5-3-11)14-7-12(9-17)6-13(15)8-14/h2,6-8,17H,3-5,9-10H2,1H3. The molecule has 1 aliphatic rings. The van der Waals surface area contributed by atoms with Gasteiger partial charge in [0.15, 0.2) is 0 Å². The lowest BCUT2D eigenvalue weighted by atomic mass is 10.1. The van der Waals surface area contributed by atoms with E-state index in [-0.39, 0.29) is 12.4 Å². The van der Waals surface area contributed by atoms with Crippen molar-refractivity contribution in [2.75, 3.05) is 31.7 Å². The van der Waals surface area contributed by atoms with Crippen LogP contribution in [0.5, 0.6) is 0 Å². The number of aliphatic hydroxyl groups is 1. The summed E-state index contributed by atoms with van der Waals surface area (Å²) in [6.07, 6.45) is 3.05. The lowest BCUT2D eigenvalue weighted by molar-refractivity contribution is 0.222. The van der Waals surface area contributed by atoms with Crippen molar-refractivity contribution < 1.29 is 14.2 Å². The summed E-state index contributed by atoms with van der Waals surface area (Å²) in [5, 5.41) is 9.08. The van der Waals surface area contributed by atoms with Crippen molar-refractivity contribution in [1.82, 2.24) is 0 Å². The first-order valence-corrected chi connectivity index (χ1v) is 6.05. The molecule has 2 rings (SSSR count). The van der Waals surface area contributed by atoms with E-state index >= 15 is 0 Å². The molecule has 0 unspecified atom stereocenters. The normalized spacial score (nSPS) is 15.7. The highest BCUT2D eigenvalue weighted by molar-refractivity contribution is 5.50. The van der Waals surface area contributed by atoms with Gasteiger partial charge in [0.05, 0.1) is 13.2 Å². The van der Waals surface area contributed by atoms with Crippen LogP contribution in [0.2, 0.25) is 0 Å². The van der Waals surface area contributed by atoms with E-state index in [0.717, 1.165) is 25.2 Å². The van der Waals surface area contributed by atoms with Gasteiger partial charge in [-0.25, -0.2) is 4.39 Å². The first-order chi connectivity index (χ1) is 8.72. The van der Waals surface area contributed by atoms with Gasteiger partial charge in [-0.15, -0.1) is 0 Å². The number of hydrogen-bond acceptors (Lipinski definition) is 3. The van der Waals surface area contributed by atoms with E-state index in [2.05, 4.69) is 11.0 Å². The van der Waals surface area contributed by atoms with Crippen molar-refractivity contribution in [3.05, 3.63) is 41.2 Å². The molecule has 4 heteroatoms. The molecule has 1 heterocycles. The Hall–Kier alpha value is -1.39. The van der Waals surface area contributed by atoms with Crippen molar-refractivity contribution in [3.63, 3.8) is 0 Å². The highest BCUT2D eigenvalue weighted by Gasteiger charge is 2.13. The Morgan fingerprint density at radius 1 is 1.39 bits per heavy atom. The van der Waals surface area contributed by atoms with E-state index < -0.39 is 0 Å². The van der Waals surface area contributed by atoms with E-state index in [0.29, 0.717) is 12.2 Å². The number of hydrogen-bond donors (Lipinski definition) is 1. The van der Waals surface area contributed by atoms with Gasteiger partial charge in [0.25, 0.3) is 0 Å². The van der Waals surface area contributed by atoms with Gasteiger partial charge < -0.3 is 14.7 Å². The predicted octanol–water partition coefficient (Wildman–Crippen LogP) is 2.10. The molecule has 0 fully saturated rings. The molecular weight excluding hydrogens is 233 g/mol. The fourth-order valence-corrected chi connectivity index (χ4v) is 2.17. The summed E-state index contributed by atoms with van der Waals surface area (Å²) in [5.74, 6) is -0.303. The maximum Gasteiger partial charge on any atom is 0.125 e. The molecule has 0 saturated heterocycles. The van der Waals surface area contributed by atoms with Gasteiger partial charge in [0.1, 0.15) is 5.82 Å². The summed E-state index contributed by atoms with van der Waals surface area (Å²) in [5.41, 5.74) is 2.72. The molecule has 1 aromatic carbocycles. The van der Waals surface area contributed by atoms with Crippen LogP contribution in [0.3, 0.4) is 0 Å². The van der Waals surface area contributed by atoms with Crippen LogP contribution in [-0.4, -0.2) is 31.9 Å². The molecule has 0 bridgehead atoms. The lowest BCUT2D eigenvalue weighted by Crippen LogP contribution is -2.29. The molecule has 1 aromatic rings. The number of rotatable bonds is 4. The zero-order chi connectivity index (χ0) is 13.0. The van der Waals surface area contributed by atoms with Gasteiger partial charge in [-0.05, 0) is 35.8 Å². The zero-order valence-electron chi connectivity index (χ0n) is 10.5. The third-order valence-corrected chi connectivity index (χ3v) is 3.12. The molecule has 18 heavy (non-hydrogen) atoms. The van der Waals surface area contributed by atoms with Crippen LogP contribution in [0, 0.1) is 5.82 Å². The summed E-state index contributed by atoms with van der Waals surface area (Å²) in [4.78, 5) is 2.10. The number of aliphatic hydroxyl groups excluding tert-OH is 1. The molecule has 98 valence electrons. The Morgan fingerprint density at radius 2 is 2.22 bits per heavy atom. The van der Waals surface area contributed by atoms with Crippen molar-refractivity contribution in [1.29, 1.82) is 0 Å². The second kappa shape index (κ2) is 5.98. The highest BCUT2D eigenvalue weighted by atomic mass is 19.1. The van der Waals surface area contributed by atoms with E-state index in [1.54, 1.807) is 7.11 Å². The second-order valence-corrected chi connectivity index (χ2v) is 4.47. The molecule has 3 nitrogen and oxygen atoms in total. The number of benzene rings is 1. The largest absolute Gasteiger partial charge is 0.392 e. The summed E-state index contributed by atoms with van der Waals surface area (Å²) in [6.45, 7) is 2.14. The minimum absolute atomic E-state index is 0.136. The summed E-state index contributed by atoms with van der Waals surface area (Å²) in [7, 11) is 1.69. The molecule has 0 aromatic heterocycles. The molecule has 0 amide bonds. The Bertz CT molecular complexity index is 445. The number of halogens is 1. The maximum absolute atomic E-state index is 13.4. The van der Waals surface area contributed by atoms with Crippen LogP contribution < -0.4 is 4.90 Å². The molecule has 0 atom stereocenters. The van der Waals surface area contributed by atoms with Crippen molar-refractivity contribution in [2.45, 2.75) is 13.0 Å². The van der Waals surface area contributed by atoms with Crippen LogP contribution in [0.25, 0.3) is 0 Å². The summed E-state index contributed by atoms with van der Waals surface area (Å²) in [6, 6.07) is 4.70. The fraction of sp³-hybridized carbons (Fsp3) is 0.429. The van der Waals surface area contributed by atoms with Crippen LogP contribution in [0.15, 0.2) is 29.8 Å². The van der Waals surface area contributed by atoms with E-state index in [1.807, 2.05) is 6.07 Å². The van der Waals surface area contributed by atoms with Crippen molar-refractivity contribution >= 4 is 5.69 Å². The first kappa shape index (κ1) is 13.1. The Kier molecular flexibility index (Phi) is 4.33. The van der Waals surface area contributed by atoms with E-state index in [1.165, 1.54) is 17.7 Å². The van der Waals surface area contributed by atoms with E-state index in [4.69, 9.17) is 9.84 Å². The first-order valence-electron chi connectivity index (χ1n) is 6.05. The topological polar surface area (TPSA) is 32.7 Å². The Labute approximate surface area is 106 Å². The van der Waals surface area contributed by atoms with Gasteiger partial charge in [-0.2, -0.15) is 0 Å². The van der Waals surface area contributed by atoms with Crippen LogP contribution in [0.4, 0.5) is 10.1 Å². The molecular formula is C14H18FNO2. The predicted molar refractivity (Wildman–Crippen MR) is 69.1 cm³/mol. The van der Waals surface area contributed by atoms with Crippen LogP contribution >= 0.6 is 0 Å². The average molecular weight is 251 g/mol. The molecule has 0 radical (unpaired) electrons. The van der Waals surface area contributed by atoms with Crippen molar-refractivity contribution in [2.24, 2.45) is 0 Å². The second-order valence-electron chi connectivity index (χ2n) is 4.47. The fourth-order valence-electron chi connectivity index (χ4n) is 2.17. The number of anilines is 1. The SMILES string of the molecule is COCC1=CCN(c2cc(F)cc(CO)c2)CC1. The molecule has 0 saturated carbocycles. The van der Waals surface area contributed by atoms with Crippen molar-refractivity contribution in [3.8, 4) is 0 Å². The van der Waals surface area contributed by atoms with E-state index in [9.17, 15) is 4.39 Å². The van der Waals surface area contributed by atoms with Gasteiger partial charge in [0, 0.05) is 25.9 Å². The molecule has 0 spiro atoms. The third-order valence-electron chi connectivity index (χ3n) is 3.12. The summed E-state index contributed by atoms with van der Waals surface area (Å²) >= 11 is 0. The molecule has 1 aliphatic heterocycles. The zero-order valence-corrected chi connectivity index (χ0v) is 10.5. The van der Waals surface area contributed by atoms with Crippen LogP contribution in [-0.2, 0) is 11.3 Å². The maximum atomic E-state index is 13.4. The smallest absolute Gasteiger partial charge is 0.125 e. The summed E-state index contributed by atoms with van der Waals surface area (Å²) < 4.78 is 18.5. The van der Waals surface area contributed by atoms with Gasteiger partial charge in [-0.3, -0.25) is 0 Å². The highest BCUT2D eigenvalue weighted by Crippen LogP contribution is 2.22.